The van der Waals surface area contributed by atoms with E-state index in [0.717, 1.165) is 19.3 Å². The number of rotatable bonds is 10. The Labute approximate surface area is 155 Å². The standard InChI is InChI=1S/C22H40O3/c1-10-11-12-13-14-15-21(6,7)16-22(8,9)25-20(23)24-19(17(2)3)18(4)5/h11-12,14-15,17-19H,10,13,16H2,1-9H3/b12-11-,15-14-. The smallest absolute Gasteiger partial charge is 0.430 e. The van der Waals surface area contributed by atoms with Gasteiger partial charge in [0, 0.05) is 0 Å². The molecule has 0 aliphatic heterocycles. The Morgan fingerprint density at radius 1 is 0.960 bits per heavy atom. The number of allylic oxidation sites excluding steroid dienone is 4. The van der Waals surface area contributed by atoms with E-state index in [2.05, 4.69) is 72.8 Å². The molecular formula is C22H40O3. The van der Waals surface area contributed by atoms with Gasteiger partial charge in [-0.25, -0.2) is 4.79 Å². The van der Waals surface area contributed by atoms with Crippen LogP contribution in [0.2, 0.25) is 0 Å². The first kappa shape index (κ1) is 23.8. The van der Waals surface area contributed by atoms with Gasteiger partial charge in [0.1, 0.15) is 11.7 Å². The van der Waals surface area contributed by atoms with Crippen LogP contribution >= 0.6 is 0 Å². The molecule has 0 aromatic carbocycles. The molecule has 0 saturated heterocycles. The van der Waals surface area contributed by atoms with Gasteiger partial charge in [0.05, 0.1) is 0 Å². The lowest BCUT2D eigenvalue weighted by Crippen LogP contribution is -2.36. The maximum absolute atomic E-state index is 12.2. The first-order valence-corrected chi connectivity index (χ1v) is 9.62. The lowest BCUT2D eigenvalue weighted by Gasteiger charge is -2.33. The quantitative estimate of drug-likeness (QED) is 0.316. The fourth-order valence-corrected chi connectivity index (χ4v) is 3.32. The van der Waals surface area contributed by atoms with Crippen molar-refractivity contribution in [2.75, 3.05) is 0 Å². The van der Waals surface area contributed by atoms with Gasteiger partial charge < -0.3 is 9.47 Å². The molecule has 0 rings (SSSR count). The minimum absolute atomic E-state index is 0.0562. The fourth-order valence-electron chi connectivity index (χ4n) is 3.32. The van der Waals surface area contributed by atoms with Crippen LogP contribution in [0.15, 0.2) is 24.3 Å². The van der Waals surface area contributed by atoms with Crippen molar-refractivity contribution in [3.05, 3.63) is 24.3 Å². The fraction of sp³-hybridized carbons (Fsp3) is 0.773. The molecule has 0 aromatic rings. The van der Waals surface area contributed by atoms with Gasteiger partial charge in [0.15, 0.2) is 0 Å². The monoisotopic (exact) mass is 352 g/mol. The van der Waals surface area contributed by atoms with Crippen LogP contribution in [0.4, 0.5) is 4.79 Å². The van der Waals surface area contributed by atoms with Crippen molar-refractivity contribution in [1.82, 2.24) is 0 Å². The zero-order chi connectivity index (χ0) is 19.7. The maximum atomic E-state index is 12.2. The average Bonchev–Trinajstić information content (AvgIpc) is 2.41. The second kappa shape index (κ2) is 10.7. The van der Waals surface area contributed by atoms with Crippen molar-refractivity contribution >= 4 is 6.16 Å². The average molecular weight is 353 g/mol. The van der Waals surface area contributed by atoms with Gasteiger partial charge in [0.25, 0.3) is 0 Å². The van der Waals surface area contributed by atoms with Gasteiger partial charge >= 0.3 is 6.16 Å². The summed E-state index contributed by atoms with van der Waals surface area (Å²) in [5.74, 6) is 0.539. The van der Waals surface area contributed by atoms with Crippen molar-refractivity contribution in [1.29, 1.82) is 0 Å². The van der Waals surface area contributed by atoms with Crippen LogP contribution in [0.25, 0.3) is 0 Å². The van der Waals surface area contributed by atoms with E-state index in [0.29, 0.717) is 0 Å². The summed E-state index contributed by atoms with van der Waals surface area (Å²) in [6, 6.07) is 0. The van der Waals surface area contributed by atoms with Crippen LogP contribution in [0, 0.1) is 17.3 Å². The van der Waals surface area contributed by atoms with Gasteiger partial charge in [0.2, 0.25) is 0 Å². The second-order valence-electron chi connectivity index (χ2n) is 8.87. The van der Waals surface area contributed by atoms with Gasteiger partial charge in [-0.2, -0.15) is 0 Å². The highest BCUT2D eigenvalue weighted by Crippen LogP contribution is 2.32. The number of hydrogen-bond acceptors (Lipinski definition) is 3. The second-order valence-corrected chi connectivity index (χ2v) is 8.87. The Morgan fingerprint density at radius 3 is 2.00 bits per heavy atom. The van der Waals surface area contributed by atoms with Crippen molar-refractivity contribution in [3.8, 4) is 0 Å². The first-order valence-electron chi connectivity index (χ1n) is 9.62. The predicted molar refractivity (Wildman–Crippen MR) is 107 cm³/mol. The summed E-state index contributed by atoms with van der Waals surface area (Å²) in [6.07, 6.45) is 10.8. The lowest BCUT2D eigenvalue weighted by atomic mass is 9.81. The van der Waals surface area contributed by atoms with Gasteiger partial charge in [-0.15, -0.1) is 0 Å². The Bertz CT molecular complexity index is 434. The lowest BCUT2D eigenvalue weighted by molar-refractivity contribution is -0.0629. The normalized spacial score (nSPS) is 13.6. The summed E-state index contributed by atoms with van der Waals surface area (Å²) in [7, 11) is 0. The molecule has 0 spiro atoms. The van der Waals surface area contributed by atoms with Crippen molar-refractivity contribution in [2.45, 2.75) is 93.3 Å². The van der Waals surface area contributed by atoms with Gasteiger partial charge in [-0.3, -0.25) is 0 Å². The highest BCUT2D eigenvalue weighted by Gasteiger charge is 2.32. The molecule has 0 aromatic heterocycles. The highest BCUT2D eigenvalue weighted by molar-refractivity contribution is 5.60. The number of carbonyl (C=O) groups excluding carboxylic acids is 1. The van der Waals surface area contributed by atoms with E-state index in [1.807, 2.05) is 13.8 Å². The molecule has 0 heterocycles. The summed E-state index contributed by atoms with van der Waals surface area (Å²) in [5.41, 5.74) is -0.637. The number of ether oxygens (including phenoxy) is 2. The molecule has 0 aliphatic rings. The molecule has 0 amide bonds. The molecule has 0 N–H and O–H groups in total. The number of hydrogen-bond donors (Lipinski definition) is 0. The van der Waals surface area contributed by atoms with Crippen LogP contribution < -0.4 is 0 Å². The summed E-state index contributed by atoms with van der Waals surface area (Å²) in [5, 5.41) is 0. The molecule has 0 aliphatic carbocycles. The molecule has 0 fully saturated rings. The molecule has 0 bridgehead atoms. The highest BCUT2D eigenvalue weighted by atomic mass is 16.7. The maximum Gasteiger partial charge on any atom is 0.509 e. The zero-order valence-corrected chi connectivity index (χ0v) is 17.9. The topological polar surface area (TPSA) is 35.5 Å². The molecule has 0 radical (unpaired) electrons. The molecule has 3 nitrogen and oxygen atoms in total. The zero-order valence-electron chi connectivity index (χ0n) is 17.9. The third kappa shape index (κ3) is 11.1. The molecular weight excluding hydrogens is 312 g/mol. The van der Waals surface area contributed by atoms with E-state index in [1.54, 1.807) is 0 Å². The largest absolute Gasteiger partial charge is 0.509 e. The van der Waals surface area contributed by atoms with Crippen LogP contribution in [-0.2, 0) is 9.47 Å². The van der Waals surface area contributed by atoms with Crippen molar-refractivity contribution < 1.29 is 14.3 Å². The van der Waals surface area contributed by atoms with Crippen LogP contribution in [0.3, 0.4) is 0 Å². The third-order valence-electron chi connectivity index (χ3n) is 4.03. The summed E-state index contributed by atoms with van der Waals surface area (Å²) in [4.78, 5) is 12.2. The summed E-state index contributed by atoms with van der Waals surface area (Å²) in [6.45, 7) is 18.6. The van der Waals surface area contributed by atoms with E-state index in [-0.39, 0.29) is 23.4 Å². The van der Waals surface area contributed by atoms with Gasteiger partial charge in [-0.1, -0.05) is 72.8 Å². The van der Waals surface area contributed by atoms with Crippen LogP contribution in [-0.4, -0.2) is 17.9 Å². The Hall–Kier alpha value is -1.25. The molecule has 0 unspecified atom stereocenters. The van der Waals surface area contributed by atoms with Crippen molar-refractivity contribution in [2.24, 2.45) is 17.3 Å². The Morgan fingerprint density at radius 2 is 1.52 bits per heavy atom. The van der Waals surface area contributed by atoms with Crippen molar-refractivity contribution in [3.63, 3.8) is 0 Å². The molecule has 0 atom stereocenters. The van der Waals surface area contributed by atoms with E-state index in [4.69, 9.17) is 9.47 Å². The van der Waals surface area contributed by atoms with E-state index < -0.39 is 11.8 Å². The third-order valence-corrected chi connectivity index (χ3v) is 4.03. The summed E-state index contributed by atoms with van der Waals surface area (Å²) < 4.78 is 11.2. The Balaban J connectivity index is 4.69. The van der Waals surface area contributed by atoms with E-state index in [9.17, 15) is 4.79 Å². The molecule has 25 heavy (non-hydrogen) atoms. The van der Waals surface area contributed by atoms with Crippen LogP contribution in [0.5, 0.6) is 0 Å². The predicted octanol–water partition coefficient (Wildman–Crippen LogP) is 6.93. The number of carbonyl (C=O) groups is 1. The first-order chi connectivity index (χ1) is 11.4. The van der Waals surface area contributed by atoms with E-state index in [1.165, 1.54) is 0 Å². The van der Waals surface area contributed by atoms with Gasteiger partial charge in [-0.05, 0) is 50.4 Å². The minimum atomic E-state index is -0.581. The molecule has 3 heteroatoms. The molecule has 0 saturated carbocycles. The Kier molecular flexibility index (Phi) is 10.1. The molecule has 146 valence electrons. The SMILES string of the molecule is CC/C=C\C/C=C\C(C)(C)CC(C)(C)OC(=O)OC(C(C)C)C(C)C. The van der Waals surface area contributed by atoms with E-state index >= 15 is 0 Å². The van der Waals surface area contributed by atoms with Crippen LogP contribution in [0.1, 0.15) is 81.6 Å². The minimum Gasteiger partial charge on any atom is -0.430 e. The summed E-state index contributed by atoms with van der Waals surface area (Å²) >= 11 is 0.